The van der Waals surface area contributed by atoms with Crippen molar-refractivity contribution < 1.29 is 9.53 Å². The lowest BCUT2D eigenvalue weighted by molar-refractivity contribution is -0.123. The van der Waals surface area contributed by atoms with E-state index in [0.717, 1.165) is 28.2 Å². The standard InChI is InChI=1S/C18H20BrN3O2/c19-14-6-7-16-15(10-14)18(22-12-21-16)24-11-17(23)20-9-8-13-4-2-1-3-5-13/h4,6-7,10,12H,1-3,5,8-9,11H2,(H,20,23). The predicted molar refractivity (Wildman–Crippen MR) is 96.9 cm³/mol. The van der Waals surface area contributed by atoms with Crippen LogP contribution in [0.4, 0.5) is 0 Å². The topological polar surface area (TPSA) is 64.1 Å². The Bertz CT molecular complexity index is 761. The number of amides is 1. The van der Waals surface area contributed by atoms with Crippen LogP contribution in [0.1, 0.15) is 32.1 Å². The highest BCUT2D eigenvalue weighted by Crippen LogP contribution is 2.24. The Hall–Kier alpha value is -1.95. The maximum atomic E-state index is 12.0. The van der Waals surface area contributed by atoms with Crippen LogP contribution < -0.4 is 10.1 Å². The molecule has 0 bridgehead atoms. The number of carbonyl (C=O) groups is 1. The van der Waals surface area contributed by atoms with Crippen LogP contribution in [0, 0.1) is 0 Å². The molecule has 0 radical (unpaired) electrons. The van der Waals surface area contributed by atoms with E-state index in [2.05, 4.69) is 37.3 Å². The molecule has 126 valence electrons. The van der Waals surface area contributed by atoms with Crippen molar-refractivity contribution in [3.05, 3.63) is 40.6 Å². The summed E-state index contributed by atoms with van der Waals surface area (Å²) in [6, 6.07) is 5.68. The molecular weight excluding hydrogens is 370 g/mol. The van der Waals surface area contributed by atoms with Gasteiger partial charge in [-0.1, -0.05) is 27.6 Å². The van der Waals surface area contributed by atoms with E-state index in [9.17, 15) is 4.79 Å². The van der Waals surface area contributed by atoms with Gasteiger partial charge in [-0.15, -0.1) is 0 Å². The summed E-state index contributed by atoms with van der Waals surface area (Å²) in [5, 5.41) is 3.69. The number of ether oxygens (including phenoxy) is 1. The van der Waals surface area contributed by atoms with Gasteiger partial charge in [-0.3, -0.25) is 4.79 Å². The van der Waals surface area contributed by atoms with Crippen molar-refractivity contribution in [2.24, 2.45) is 0 Å². The number of carbonyl (C=O) groups excluding carboxylic acids is 1. The lowest BCUT2D eigenvalue weighted by Gasteiger charge is -2.13. The average molecular weight is 390 g/mol. The summed E-state index contributed by atoms with van der Waals surface area (Å²) in [4.78, 5) is 20.3. The van der Waals surface area contributed by atoms with Gasteiger partial charge < -0.3 is 10.1 Å². The Morgan fingerprint density at radius 1 is 1.29 bits per heavy atom. The third kappa shape index (κ3) is 4.54. The Morgan fingerprint density at radius 2 is 2.21 bits per heavy atom. The molecule has 0 saturated heterocycles. The molecule has 0 atom stereocenters. The molecular formula is C18H20BrN3O2. The van der Waals surface area contributed by atoms with Crippen molar-refractivity contribution in [1.29, 1.82) is 0 Å². The maximum absolute atomic E-state index is 12.0. The van der Waals surface area contributed by atoms with Gasteiger partial charge in [0.2, 0.25) is 5.88 Å². The lowest BCUT2D eigenvalue weighted by atomic mass is 9.97. The van der Waals surface area contributed by atoms with Gasteiger partial charge in [0.25, 0.3) is 5.91 Å². The first-order chi connectivity index (χ1) is 11.7. The van der Waals surface area contributed by atoms with Crippen molar-refractivity contribution in [3.63, 3.8) is 0 Å². The Balaban J connectivity index is 1.51. The summed E-state index contributed by atoms with van der Waals surface area (Å²) in [5.74, 6) is 0.291. The zero-order chi connectivity index (χ0) is 16.8. The largest absolute Gasteiger partial charge is 0.467 e. The number of halogens is 1. The van der Waals surface area contributed by atoms with Gasteiger partial charge in [-0.25, -0.2) is 9.97 Å². The van der Waals surface area contributed by atoms with Gasteiger partial charge in [-0.05, 0) is 50.3 Å². The average Bonchev–Trinajstić information content (AvgIpc) is 2.61. The van der Waals surface area contributed by atoms with Crippen molar-refractivity contribution in [2.75, 3.05) is 13.2 Å². The van der Waals surface area contributed by atoms with Crippen molar-refractivity contribution >= 4 is 32.7 Å². The number of benzene rings is 1. The first-order valence-corrected chi connectivity index (χ1v) is 8.99. The molecule has 1 amide bonds. The quantitative estimate of drug-likeness (QED) is 0.763. The van der Waals surface area contributed by atoms with Gasteiger partial charge in [0.1, 0.15) is 6.33 Å². The number of hydrogen-bond donors (Lipinski definition) is 1. The molecule has 2 aromatic rings. The molecule has 6 heteroatoms. The van der Waals surface area contributed by atoms with Crippen LogP contribution in [0.25, 0.3) is 10.9 Å². The Labute approximate surface area is 149 Å². The van der Waals surface area contributed by atoms with E-state index >= 15 is 0 Å². The van der Waals surface area contributed by atoms with Crippen LogP contribution in [0.3, 0.4) is 0 Å². The highest BCUT2D eigenvalue weighted by atomic mass is 79.9. The third-order valence-electron chi connectivity index (χ3n) is 4.05. The fourth-order valence-corrected chi connectivity index (χ4v) is 3.16. The van der Waals surface area contributed by atoms with Crippen LogP contribution in [0.15, 0.2) is 40.6 Å². The van der Waals surface area contributed by atoms with Crippen LogP contribution in [-0.2, 0) is 4.79 Å². The second-order valence-electron chi connectivity index (χ2n) is 5.84. The first kappa shape index (κ1) is 16.9. The smallest absolute Gasteiger partial charge is 0.258 e. The van der Waals surface area contributed by atoms with Crippen LogP contribution in [0.2, 0.25) is 0 Å². The summed E-state index contributed by atoms with van der Waals surface area (Å²) >= 11 is 3.42. The highest BCUT2D eigenvalue weighted by molar-refractivity contribution is 9.10. The van der Waals surface area contributed by atoms with E-state index < -0.39 is 0 Å². The molecule has 0 fully saturated rings. The van der Waals surface area contributed by atoms with Gasteiger partial charge >= 0.3 is 0 Å². The molecule has 0 spiro atoms. The molecule has 0 aliphatic heterocycles. The molecule has 1 heterocycles. The SMILES string of the molecule is O=C(COc1ncnc2ccc(Br)cc12)NCCC1=CCCCC1. The lowest BCUT2D eigenvalue weighted by Crippen LogP contribution is -2.30. The van der Waals surface area contributed by atoms with E-state index in [0.29, 0.717) is 12.4 Å². The summed E-state index contributed by atoms with van der Waals surface area (Å²) in [7, 11) is 0. The molecule has 0 saturated carbocycles. The number of aromatic nitrogens is 2. The molecule has 24 heavy (non-hydrogen) atoms. The fourth-order valence-electron chi connectivity index (χ4n) is 2.80. The Kier molecular flexibility index (Phi) is 5.80. The summed E-state index contributed by atoms with van der Waals surface area (Å²) in [6.07, 6.45) is 9.55. The molecule has 1 aliphatic rings. The number of nitrogens with one attached hydrogen (secondary N) is 1. The zero-order valence-corrected chi connectivity index (χ0v) is 15.0. The molecule has 1 aromatic carbocycles. The monoisotopic (exact) mass is 389 g/mol. The van der Waals surface area contributed by atoms with E-state index in [1.165, 1.54) is 31.2 Å². The van der Waals surface area contributed by atoms with Crippen molar-refractivity contribution in [2.45, 2.75) is 32.1 Å². The molecule has 3 rings (SSSR count). The summed E-state index contributed by atoms with van der Waals surface area (Å²) in [6.45, 7) is 0.613. The minimum Gasteiger partial charge on any atom is -0.467 e. The zero-order valence-electron chi connectivity index (χ0n) is 13.4. The second kappa shape index (κ2) is 8.24. The molecule has 1 N–H and O–H groups in total. The van der Waals surface area contributed by atoms with E-state index in [1.54, 1.807) is 0 Å². The van der Waals surface area contributed by atoms with Gasteiger partial charge in [0.05, 0.1) is 10.9 Å². The number of hydrogen-bond acceptors (Lipinski definition) is 4. The molecule has 5 nitrogen and oxygen atoms in total. The van der Waals surface area contributed by atoms with E-state index in [-0.39, 0.29) is 12.5 Å². The Morgan fingerprint density at radius 3 is 3.04 bits per heavy atom. The van der Waals surface area contributed by atoms with Crippen molar-refractivity contribution in [3.8, 4) is 5.88 Å². The minimum atomic E-state index is -0.131. The second-order valence-corrected chi connectivity index (χ2v) is 6.75. The van der Waals surface area contributed by atoms with Crippen LogP contribution in [-0.4, -0.2) is 29.0 Å². The fraction of sp³-hybridized carbons (Fsp3) is 0.389. The number of allylic oxidation sites excluding steroid dienone is 1. The highest BCUT2D eigenvalue weighted by Gasteiger charge is 2.09. The van der Waals surface area contributed by atoms with Gasteiger partial charge in [0.15, 0.2) is 6.61 Å². The third-order valence-corrected chi connectivity index (χ3v) is 4.55. The minimum absolute atomic E-state index is 0.0440. The van der Waals surface area contributed by atoms with Gasteiger partial charge in [0, 0.05) is 11.0 Å². The molecule has 1 aliphatic carbocycles. The summed E-state index contributed by atoms with van der Waals surface area (Å²) < 4.78 is 6.50. The molecule has 1 aromatic heterocycles. The van der Waals surface area contributed by atoms with Gasteiger partial charge in [-0.2, -0.15) is 0 Å². The van der Waals surface area contributed by atoms with Crippen LogP contribution in [0.5, 0.6) is 5.88 Å². The van der Waals surface area contributed by atoms with E-state index in [1.807, 2.05) is 18.2 Å². The first-order valence-electron chi connectivity index (χ1n) is 8.20. The normalized spacial score (nSPS) is 14.3. The number of fused-ring (bicyclic) bond motifs is 1. The number of nitrogens with zero attached hydrogens (tertiary/aromatic N) is 2. The summed E-state index contributed by atoms with van der Waals surface area (Å²) in [5.41, 5.74) is 2.24. The predicted octanol–water partition coefficient (Wildman–Crippen LogP) is 3.78. The maximum Gasteiger partial charge on any atom is 0.258 e. The molecule has 0 unspecified atom stereocenters. The number of rotatable bonds is 6. The van der Waals surface area contributed by atoms with Crippen molar-refractivity contribution in [1.82, 2.24) is 15.3 Å². The van der Waals surface area contributed by atoms with E-state index in [4.69, 9.17) is 4.74 Å². The van der Waals surface area contributed by atoms with Crippen LogP contribution >= 0.6 is 15.9 Å².